The van der Waals surface area contributed by atoms with Crippen LogP contribution in [-0.4, -0.2) is 49.5 Å². The van der Waals surface area contributed by atoms with Crippen molar-refractivity contribution in [2.45, 2.75) is 0 Å². The monoisotopic (exact) mass is 167 g/mol. The Hall–Kier alpha value is 0.170. The Kier molecular flexibility index (Phi) is 6.02. The van der Waals surface area contributed by atoms with Gasteiger partial charge in [0.25, 0.3) is 0 Å². The van der Waals surface area contributed by atoms with Gasteiger partial charge in [-0.2, -0.15) is 0 Å². The van der Waals surface area contributed by atoms with Gasteiger partial charge in [-0.15, -0.1) is 12.4 Å². The summed E-state index contributed by atoms with van der Waals surface area (Å²) >= 11 is 0. The summed E-state index contributed by atoms with van der Waals surface area (Å²) < 4.78 is 5.12. The van der Waals surface area contributed by atoms with E-state index in [0.29, 0.717) is 0 Å². The molecule has 0 unspecified atom stereocenters. The van der Waals surface area contributed by atoms with Crippen molar-refractivity contribution in [2.24, 2.45) is 0 Å². The van der Waals surface area contributed by atoms with Crippen molar-refractivity contribution in [3.05, 3.63) is 0 Å². The van der Waals surface area contributed by atoms with Gasteiger partial charge in [-0.3, -0.25) is 4.90 Å². The van der Waals surface area contributed by atoms with Gasteiger partial charge in [-0.25, -0.2) is 0 Å². The predicted octanol–water partition coefficient (Wildman–Crippen LogP) is -0.267. The molecule has 10 heavy (non-hydrogen) atoms. The molecule has 0 amide bonds. The summed E-state index contributed by atoms with van der Waals surface area (Å²) in [7, 11) is 0. The van der Waals surface area contributed by atoms with Gasteiger partial charge in [0.15, 0.2) is 0 Å². The van der Waals surface area contributed by atoms with Crippen LogP contribution in [0.3, 0.4) is 0 Å². The largest absolute Gasteiger partial charge is 0.395 e. The van der Waals surface area contributed by atoms with Crippen LogP contribution in [0, 0.1) is 0 Å². The molecule has 1 N–H and O–H groups in total. The maximum atomic E-state index is 8.54. The van der Waals surface area contributed by atoms with Crippen LogP contribution in [0.15, 0.2) is 0 Å². The van der Waals surface area contributed by atoms with E-state index in [4.69, 9.17) is 9.84 Å². The van der Waals surface area contributed by atoms with E-state index in [1.807, 2.05) is 0 Å². The van der Waals surface area contributed by atoms with Crippen LogP contribution in [0.2, 0.25) is 0 Å². The molecule has 0 spiro atoms. The van der Waals surface area contributed by atoms with E-state index in [0.717, 1.165) is 32.8 Å². The van der Waals surface area contributed by atoms with E-state index in [2.05, 4.69) is 4.90 Å². The standard InChI is InChI=1S/C6H13NO2.ClH/c8-4-1-7-2-5-9-6-3-7;/h8H,1-6H2;1H. The van der Waals surface area contributed by atoms with Crippen LogP contribution < -0.4 is 0 Å². The van der Waals surface area contributed by atoms with E-state index in [1.165, 1.54) is 0 Å². The summed E-state index contributed by atoms with van der Waals surface area (Å²) in [5.74, 6) is 0. The zero-order chi connectivity index (χ0) is 6.53. The van der Waals surface area contributed by atoms with Crippen LogP contribution >= 0.6 is 12.4 Å². The molecule has 62 valence electrons. The number of nitrogens with zero attached hydrogens (tertiary/aromatic N) is 1. The fourth-order valence-electron chi connectivity index (χ4n) is 0.966. The Morgan fingerprint density at radius 1 is 1.30 bits per heavy atom. The number of hydrogen-bond donors (Lipinski definition) is 1. The van der Waals surface area contributed by atoms with Gasteiger partial charge in [-0.1, -0.05) is 0 Å². The molecule has 0 aliphatic carbocycles. The van der Waals surface area contributed by atoms with E-state index in [1.54, 1.807) is 0 Å². The Morgan fingerprint density at radius 3 is 2.40 bits per heavy atom. The minimum atomic E-state index is 0. The summed E-state index contributed by atoms with van der Waals surface area (Å²) in [6.07, 6.45) is 0. The first kappa shape index (κ1) is 10.2. The van der Waals surface area contributed by atoms with E-state index < -0.39 is 0 Å². The lowest BCUT2D eigenvalue weighted by molar-refractivity contribution is 0.0306. The smallest absolute Gasteiger partial charge is 0.0594 e. The quantitative estimate of drug-likeness (QED) is 0.615. The molecule has 0 aromatic carbocycles. The predicted molar refractivity (Wildman–Crippen MR) is 41.6 cm³/mol. The zero-order valence-electron chi connectivity index (χ0n) is 5.95. The first-order valence-corrected chi connectivity index (χ1v) is 3.34. The molecular weight excluding hydrogens is 154 g/mol. The summed E-state index contributed by atoms with van der Waals surface area (Å²) in [5, 5.41) is 8.54. The highest BCUT2D eigenvalue weighted by Crippen LogP contribution is 1.93. The molecule has 0 aromatic rings. The lowest BCUT2D eigenvalue weighted by Gasteiger charge is -2.25. The van der Waals surface area contributed by atoms with Crippen molar-refractivity contribution in [1.29, 1.82) is 0 Å². The summed E-state index contributed by atoms with van der Waals surface area (Å²) in [5.41, 5.74) is 0. The number of morpholine rings is 1. The molecule has 0 atom stereocenters. The first-order chi connectivity index (χ1) is 4.43. The van der Waals surface area contributed by atoms with Crippen LogP contribution in [0.25, 0.3) is 0 Å². The maximum absolute atomic E-state index is 8.54. The van der Waals surface area contributed by atoms with Gasteiger partial charge in [0.1, 0.15) is 0 Å². The highest BCUT2D eigenvalue weighted by Gasteiger charge is 2.07. The topological polar surface area (TPSA) is 32.7 Å². The first-order valence-electron chi connectivity index (χ1n) is 3.34. The third kappa shape index (κ3) is 3.37. The molecule has 4 heteroatoms. The van der Waals surface area contributed by atoms with Gasteiger partial charge in [0, 0.05) is 19.6 Å². The molecule has 1 aliphatic rings. The SMILES string of the molecule is Cl.OCCN1CCOCC1. The van der Waals surface area contributed by atoms with Crippen molar-refractivity contribution in [3.63, 3.8) is 0 Å². The van der Waals surface area contributed by atoms with E-state index >= 15 is 0 Å². The molecule has 1 saturated heterocycles. The average Bonchev–Trinajstić information content (AvgIpc) is 1.91. The number of aliphatic hydroxyl groups excluding tert-OH is 1. The Bertz CT molecular complexity index is 73.4. The Labute approximate surface area is 67.4 Å². The molecular formula is C6H14ClNO2. The number of aliphatic hydroxyl groups is 1. The van der Waals surface area contributed by atoms with Crippen molar-refractivity contribution < 1.29 is 9.84 Å². The normalized spacial score (nSPS) is 20.1. The highest BCUT2D eigenvalue weighted by atomic mass is 35.5. The fraction of sp³-hybridized carbons (Fsp3) is 1.00. The van der Waals surface area contributed by atoms with E-state index in [-0.39, 0.29) is 19.0 Å². The molecule has 1 heterocycles. The van der Waals surface area contributed by atoms with Crippen molar-refractivity contribution in [1.82, 2.24) is 4.90 Å². The van der Waals surface area contributed by atoms with Crippen LogP contribution in [0.5, 0.6) is 0 Å². The third-order valence-electron chi connectivity index (χ3n) is 1.52. The lowest BCUT2D eigenvalue weighted by Crippen LogP contribution is -2.37. The minimum Gasteiger partial charge on any atom is -0.395 e. The molecule has 3 nitrogen and oxygen atoms in total. The molecule has 1 fully saturated rings. The Balaban J connectivity index is 0.000000810. The minimum absolute atomic E-state index is 0. The fourth-order valence-corrected chi connectivity index (χ4v) is 0.966. The molecule has 0 saturated carbocycles. The molecule has 1 aliphatic heterocycles. The summed E-state index contributed by atoms with van der Waals surface area (Å²) in [6, 6.07) is 0. The second-order valence-corrected chi connectivity index (χ2v) is 2.18. The van der Waals surface area contributed by atoms with E-state index in [9.17, 15) is 0 Å². The average molecular weight is 168 g/mol. The number of ether oxygens (including phenoxy) is 1. The molecule has 0 bridgehead atoms. The molecule has 0 aromatic heterocycles. The number of β-amino-alcohol motifs (C(OH)–C–C–N with tert-alkyl or cyclic N) is 1. The maximum Gasteiger partial charge on any atom is 0.0594 e. The van der Waals surface area contributed by atoms with Gasteiger partial charge in [0.2, 0.25) is 0 Å². The number of hydrogen-bond acceptors (Lipinski definition) is 3. The van der Waals surface area contributed by atoms with Gasteiger partial charge < -0.3 is 9.84 Å². The number of halogens is 1. The van der Waals surface area contributed by atoms with Crippen molar-refractivity contribution in [2.75, 3.05) is 39.5 Å². The second-order valence-electron chi connectivity index (χ2n) is 2.18. The van der Waals surface area contributed by atoms with Crippen LogP contribution in [0.4, 0.5) is 0 Å². The zero-order valence-corrected chi connectivity index (χ0v) is 6.77. The third-order valence-corrected chi connectivity index (χ3v) is 1.52. The van der Waals surface area contributed by atoms with Crippen molar-refractivity contribution >= 4 is 12.4 Å². The van der Waals surface area contributed by atoms with Gasteiger partial charge >= 0.3 is 0 Å². The molecule has 1 rings (SSSR count). The van der Waals surface area contributed by atoms with Crippen molar-refractivity contribution in [3.8, 4) is 0 Å². The summed E-state index contributed by atoms with van der Waals surface area (Å²) in [4.78, 5) is 2.20. The second kappa shape index (κ2) is 5.92. The van der Waals surface area contributed by atoms with Crippen LogP contribution in [0.1, 0.15) is 0 Å². The molecule has 0 radical (unpaired) electrons. The Morgan fingerprint density at radius 2 is 1.90 bits per heavy atom. The van der Waals surface area contributed by atoms with Gasteiger partial charge in [0.05, 0.1) is 19.8 Å². The van der Waals surface area contributed by atoms with Gasteiger partial charge in [-0.05, 0) is 0 Å². The highest BCUT2D eigenvalue weighted by molar-refractivity contribution is 5.85. The number of rotatable bonds is 2. The summed E-state index contributed by atoms with van der Waals surface area (Å²) in [6.45, 7) is 4.64. The lowest BCUT2D eigenvalue weighted by atomic mass is 10.4. The van der Waals surface area contributed by atoms with Crippen LogP contribution in [-0.2, 0) is 4.74 Å².